The van der Waals surface area contributed by atoms with Crippen LogP contribution in [0, 0.1) is 11.3 Å². The minimum Gasteiger partial charge on any atom is -0.357 e. The van der Waals surface area contributed by atoms with Crippen LogP contribution in [0.1, 0.15) is 63.9 Å². The van der Waals surface area contributed by atoms with E-state index in [2.05, 4.69) is 24.8 Å². The van der Waals surface area contributed by atoms with Crippen LogP contribution in [0.25, 0.3) is 10.9 Å². The molecule has 2 aliphatic heterocycles. The van der Waals surface area contributed by atoms with E-state index in [1.807, 2.05) is 0 Å². The number of benzene rings is 1. The maximum atomic E-state index is 13.0. The first-order valence-corrected chi connectivity index (χ1v) is 16.6. The molecule has 1 saturated carbocycles. The van der Waals surface area contributed by atoms with Crippen molar-refractivity contribution in [3.63, 3.8) is 0 Å². The first kappa shape index (κ1) is 30.3. The maximum Gasteiger partial charge on any atom is 0.393 e. The van der Waals surface area contributed by atoms with Crippen LogP contribution in [-0.4, -0.2) is 81.0 Å². The highest BCUT2D eigenvalue weighted by Gasteiger charge is 2.39. The molecule has 3 aliphatic rings. The summed E-state index contributed by atoms with van der Waals surface area (Å²) < 4.78 is 65.5. The summed E-state index contributed by atoms with van der Waals surface area (Å²) in [6, 6.07) is 4.90. The van der Waals surface area contributed by atoms with E-state index >= 15 is 0 Å². The van der Waals surface area contributed by atoms with Gasteiger partial charge in [0.1, 0.15) is 5.82 Å². The second-order valence-electron chi connectivity index (χ2n) is 12.3. The van der Waals surface area contributed by atoms with Crippen molar-refractivity contribution in [3.05, 3.63) is 23.8 Å². The number of fused-ring (bicyclic) bond motifs is 1. The van der Waals surface area contributed by atoms with Gasteiger partial charge in [-0.2, -0.15) is 18.2 Å². The van der Waals surface area contributed by atoms with Crippen molar-refractivity contribution < 1.29 is 21.6 Å². The van der Waals surface area contributed by atoms with Gasteiger partial charge in [-0.05, 0) is 100 Å². The molecule has 3 heterocycles. The van der Waals surface area contributed by atoms with Crippen molar-refractivity contribution >= 4 is 32.7 Å². The van der Waals surface area contributed by atoms with Crippen molar-refractivity contribution in [3.8, 4) is 0 Å². The molecule has 2 aromatic rings. The van der Waals surface area contributed by atoms with Crippen LogP contribution in [0.3, 0.4) is 0 Å². The summed E-state index contributed by atoms with van der Waals surface area (Å²) in [7, 11) is -1.41. The zero-order valence-corrected chi connectivity index (χ0v) is 25.0. The van der Waals surface area contributed by atoms with Crippen LogP contribution in [0.15, 0.2) is 18.2 Å². The topological polar surface area (TPSA) is 90.5 Å². The zero-order valence-electron chi connectivity index (χ0n) is 24.1. The lowest BCUT2D eigenvalue weighted by Crippen LogP contribution is -2.48. The molecule has 0 radical (unpaired) electrons. The van der Waals surface area contributed by atoms with E-state index in [9.17, 15) is 21.6 Å². The predicted molar refractivity (Wildman–Crippen MR) is 157 cm³/mol. The van der Waals surface area contributed by atoms with Gasteiger partial charge in [0.15, 0.2) is 0 Å². The third kappa shape index (κ3) is 7.62. The Morgan fingerprint density at radius 2 is 1.66 bits per heavy atom. The monoisotopic (exact) mass is 596 g/mol. The van der Waals surface area contributed by atoms with E-state index in [0.717, 1.165) is 82.5 Å². The minimum atomic E-state index is -4.26. The lowest BCUT2D eigenvalue weighted by atomic mass is 9.71. The largest absolute Gasteiger partial charge is 0.393 e. The highest BCUT2D eigenvalue weighted by atomic mass is 32.2. The van der Waals surface area contributed by atoms with Crippen LogP contribution >= 0.6 is 0 Å². The minimum absolute atomic E-state index is 0.0872. The summed E-state index contributed by atoms with van der Waals surface area (Å²) >= 11 is 0. The lowest BCUT2D eigenvalue weighted by Gasteiger charge is -2.48. The smallest absolute Gasteiger partial charge is 0.357 e. The molecule has 0 unspecified atom stereocenters. The van der Waals surface area contributed by atoms with Gasteiger partial charge < -0.3 is 15.1 Å². The van der Waals surface area contributed by atoms with E-state index in [-0.39, 0.29) is 17.4 Å². The van der Waals surface area contributed by atoms with Gasteiger partial charge in [0.25, 0.3) is 0 Å². The molecule has 0 amide bonds. The second kappa shape index (κ2) is 12.2. The molecule has 1 aromatic heterocycles. The Labute approximate surface area is 241 Å². The highest BCUT2D eigenvalue weighted by molar-refractivity contribution is 7.89. The van der Waals surface area contributed by atoms with Gasteiger partial charge in [-0.3, -0.25) is 0 Å². The van der Waals surface area contributed by atoms with Gasteiger partial charge in [-0.1, -0.05) is 6.07 Å². The van der Waals surface area contributed by atoms with Crippen LogP contribution < -0.4 is 14.9 Å². The van der Waals surface area contributed by atoms with Gasteiger partial charge in [-0.25, -0.2) is 18.1 Å². The normalized spacial score (nSPS) is 24.2. The Balaban J connectivity index is 1.15. The van der Waals surface area contributed by atoms with Crippen molar-refractivity contribution in [2.45, 2.75) is 76.9 Å². The lowest BCUT2D eigenvalue weighted by molar-refractivity contribution is -0.127. The van der Waals surface area contributed by atoms with Gasteiger partial charge >= 0.3 is 6.18 Å². The maximum absolute atomic E-state index is 13.0. The van der Waals surface area contributed by atoms with Gasteiger partial charge in [0.05, 0.1) is 17.7 Å². The number of rotatable bonds is 8. The molecule has 1 aliphatic carbocycles. The Hall–Kier alpha value is -2.18. The number of likely N-dealkylation sites (tertiary alicyclic amines) is 1. The fourth-order valence-electron chi connectivity index (χ4n) is 6.92. The predicted octanol–water partition coefficient (Wildman–Crippen LogP) is 4.96. The number of nitrogens with zero attached hydrogens (tertiary/aromatic N) is 4. The Morgan fingerprint density at radius 3 is 2.27 bits per heavy atom. The van der Waals surface area contributed by atoms with Crippen LogP contribution in [-0.2, 0) is 16.4 Å². The number of hydrogen-bond acceptors (Lipinski definition) is 7. The molecule has 1 spiro atoms. The Bertz CT molecular complexity index is 1300. The molecule has 2 N–H and O–H groups in total. The average Bonchev–Trinajstić information content (AvgIpc) is 2.94. The molecular formula is C29H43F3N6O2S. The summed E-state index contributed by atoms with van der Waals surface area (Å²) in [4.78, 5) is 14.1. The molecule has 3 fully saturated rings. The number of sulfonamides is 1. The fraction of sp³-hybridized carbons (Fsp3) is 0.724. The van der Waals surface area contributed by atoms with Crippen LogP contribution in [0.5, 0.6) is 0 Å². The van der Waals surface area contributed by atoms with Crippen LogP contribution in [0.4, 0.5) is 24.9 Å². The van der Waals surface area contributed by atoms with E-state index < -0.39 is 22.6 Å². The number of piperidine rings is 2. The quantitative estimate of drug-likeness (QED) is 0.446. The first-order chi connectivity index (χ1) is 19.5. The summed E-state index contributed by atoms with van der Waals surface area (Å²) in [5.74, 6) is 1.99. The number of aromatic nitrogens is 2. The number of halogens is 3. The number of alkyl halides is 3. The third-order valence-corrected chi connectivity index (χ3v) is 11.0. The number of anilines is 2. The molecule has 228 valence electrons. The second-order valence-corrected chi connectivity index (χ2v) is 14.3. The van der Waals surface area contributed by atoms with Crippen molar-refractivity contribution in [2.24, 2.45) is 11.3 Å². The molecule has 41 heavy (non-hydrogen) atoms. The third-order valence-electron chi connectivity index (χ3n) is 9.50. The van der Waals surface area contributed by atoms with Crippen molar-refractivity contribution in [1.82, 2.24) is 19.6 Å². The highest BCUT2D eigenvalue weighted by Crippen LogP contribution is 2.43. The molecule has 12 heteroatoms. The van der Waals surface area contributed by atoms with Gasteiger partial charge in [0.2, 0.25) is 16.0 Å². The molecule has 5 rings (SSSR count). The summed E-state index contributed by atoms with van der Waals surface area (Å²) in [5, 5.41) is 3.76. The molecule has 0 bridgehead atoms. The standard InChI is InChI=1S/C29H43F3N6O2S/c1-3-41(39,40)36-23-7-4-21(5-8-23)20-37-14-10-28(11-15-37)12-16-38(17-13-28)26-24-9-6-22(19-29(30,31)32)18-25(24)34-27(33-2)35-26/h6,9,18,21,23,36H,3-5,7-8,10-17,19-20H2,1-2H3,(H,33,34,35). The average molecular weight is 597 g/mol. The van der Waals surface area contributed by atoms with Gasteiger partial charge in [0, 0.05) is 38.1 Å². The molecule has 0 atom stereocenters. The van der Waals surface area contributed by atoms with E-state index in [1.54, 1.807) is 26.1 Å². The summed E-state index contributed by atoms with van der Waals surface area (Å²) in [6.07, 6.45) is 3.29. The summed E-state index contributed by atoms with van der Waals surface area (Å²) in [5.41, 5.74) is 1.07. The van der Waals surface area contributed by atoms with Crippen LogP contribution in [0.2, 0.25) is 0 Å². The molecule has 1 aromatic carbocycles. The Morgan fingerprint density at radius 1 is 1.00 bits per heavy atom. The SMILES string of the molecule is CCS(=O)(=O)NC1CCC(CN2CCC3(CC2)CCN(c2nc(NC)nc4cc(CC(F)(F)F)ccc24)CC3)CC1. The van der Waals surface area contributed by atoms with E-state index in [4.69, 9.17) is 4.98 Å². The Kier molecular flexibility index (Phi) is 9.01. The van der Waals surface area contributed by atoms with E-state index in [0.29, 0.717) is 22.8 Å². The van der Waals surface area contributed by atoms with Crippen molar-refractivity contribution in [2.75, 3.05) is 55.7 Å². The summed E-state index contributed by atoms with van der Waals surface area (Å²) in [6.45, 7) is 6.73. The first-order valence-electron chi connectivity index (χ1n) is 15.0. The molecule has 8 nitrogen and oxygen atoms in total. The fourth-order valence-corrected chi connectivity index (χ4v) is 7.83. The van der Waals surface area contributed by atoms with Crippen molar-refractivity contribution in [1.29, 1.82) is 0 Å². The van der Waals surface area contributed by atoms with Gasteiger partial charge in [-0.15, -0.1) is 0 Å². The zero-order chi connectivity index (χ0) is 29.3. The number of nitrogens with one attached hydrogen (secondary N) is 2. The van der Waals surface area contributed by atoms with E-state index in [1.165, 1.54) is 18.9 Å². The molecular weight excluding hydrogens is 553 g/mol. The number of hydrogen-bond donors (Lipinski definition) is 2. The molecule has 2 saturated heterocycles.